The van der Waals surface area contributed by atoms with Gasteiger partial charge in [-0.2, -0.15) is 0 Å². The van der Waals surface area contributed by atoms with Crippen molar-refractivity contribution < 1.29 is 13.9 Å². The van der Waals surface area contributed by atoms with Gasteiger partial charge in [0.1, 0.15) is 0 Å². The zero-order valence-electron chi connectivity index (χ0n) is 16.6. The predicted molar refractivity (Wildman–Crippen MR) is 104 cm³/mol. The molecule has 2 aliphatic heterocycles. The minimum absolute atomic E-state index is 0.151. The summed E-state index contributed by atoms with van der Waals surface area (Å²) in [5.41, 5.74) is 0.788. The van der Waals surface area contributed by atoms with Crippen LogP contribution in [0.2, 0.25) is 0 Å². The summed E-state index contributed by atoms with van der Waals surface area (Å²) in [6.07, 6.45) is 3.12. The van der Waals surface area contributed by atoms with Gasteiger partial charge in [-0.25, -0.2) is 8.78 Å². The number of hydrogen-bond acceptors (Lipinski definition) is 4. The lowest BCUT2D eigenvalue weighted by Gasteiger charge is -2.47. The number of halogens is 2. The van der Waals surface area contributed by atoms with Crippen LogP contribution in [0.15, 0.2) is 18.2 Å². The summed E-state index contributed by atoms with van der Waals surface area (Å²) in [5, 5.41) is 9.51. The largest absolute Gasteiger partial charge is 0.396 e. The van der Waals surface area contributed by atoms with Gasteiger partial charge in [0.15, 0.2) is 11.6 Å². The minimum Gasteiger partial charge on any atom is -0.396 e. The van der Waals surface area contributed by atoms with E-state index in [2.05, 4.69) is 28.5 Å². The topological polar surface area (TPSA) is 30.0 Å². The molecule has 0 aromatic heterocycles. The fourth-order valence-corrected chi connectivity index (χ4v) is 4.52. The molecule has 0 radical (unpaired) electrons. The molecular formula is C21H33F2N3O. The van der Waals surface area contributed by atoms with Gasteiger partial charge in [0.25, 0.3) is 0 Å². The van der Waals surface area contributed by atoms with Gasteiger partial charge >= 0.3 is 0 Å². The Bertz CT molecular complexity index is 605. The Labute approximate surface area is 161 Å². The van der Waals surface area contributed by atoms with Crippen LogP contribution in [0.3, 0.4) is 0 Å². The summed E-state index contributed by atoms with van der Waals surface area (Å²) >= 11 is 0. The first-order chi connectivity index (χ1) is 13.0. The maximum absolute atomic E-state index is 13.5. The van der Waals surface area contributed by atoms with Crippen LogP contribution in [0.5, 0.6) is 0 Å². The van der Waals surface area contributed by atoms with Crippen molar-refractivity contribution in [3.8, 4) is 0 Å². The zero-order chi connectivity index (χ0) is 19.4. The Kier molecular flexibility index (Phi) is 7.20. The first kappa shape index (κ1) is 20.6. The second-order valence-corrected chi connectivity index (χ2v) is 8.24. The third-order valence-corrected chi connectivity index (χ3v) is 6.21. The normalized spacial score (nSPS) is 24.0. The van der Waals surface area contributed by atoms with Crippen LogP contribution in [0, 0.1) is 11.6 Å². The first-order valence-electron chi connectivity index (χ1n) is 10.2. The molecule has 27 heavy (non-hydrogen) atoms. The lowest BCUT2D eigenvalue weighted by atomic mass is 9.98. The van der Waals surface area contributed by atoms with Crippen LogP contribution in [0.1, 0.15) is 38.7 Å². The standard InChI is InChI=1S/C21H33F2N3O/c1-16(2)24-8-5-18(6-9-24)26-11-10-25(19(15-26)7-12-27)14-17-3-4-20(22)21(23)13-17/h3-4,13,16,18-19,27H,5-12,14-15H2,1-2H3/t19-/m1/s1. The van der Waals surface area contributed by atoms with Gasteiger partial charge in [0.05, 0.1) is 0 Å². The summed E-state index contributed by atoms with van der Waals surface area (Å²) in [4.78, 5) is 7.43. The quantitative estimate of drug-likeness (QED) is 0.821. The molecular weight excluding hydrogens is 348 g/mol. The number of nitrogens with zero attached hydrogens (tertiary/aromatic N) is 3. The number of hydrogen-bond donors (Lipinski definition) is 1. The van der Waals surface area contributed by atoms with Crippen molar-refractivity contribution in [2.75, 3.05) is 39.3 Å². The second-order valence-electron chi connectivity index (χ2n) is 8.24. The maximum Gasteiger partial charge on any atom is 0.159 e. The van der Waals surface area contributed by atoms with E-state index in [1.54, 1.807) is 6.07 Å². The lowest BCUT2D eigenvalue weighted by molar-refractivity contribution is 0.00985. The molecule has 1 aromatic rings. The molecule has 1 aromatic carbocycles. The molecule has 0 spiro atoms. The average Bonchev–Trinajstić information content (AvgIpc) is 2.66. The Morgan fingerprint density at radius 1 is 1.07 bits per heavy atom. The van der Waals surface area contributed by atoms with E-state index >= 15 is 0 Å². The Balaban J connectivity index is 1.59. The van der Waals surface area contributed by atoms with Crippen molar-refractivity contribution in [3.05, 3.63) is 35.4 Å². The molecule has 0 unspecified atom stereocenters. The Morgan fingerprint density at radius 3 is 2.44 bits per heavy atom. The molecule has 2 fully saturated rings. The highest BCUT2D eigenvalue weighted by Crippen LogP contribution is 2.24. The number of rotatable bonds is 6. The van der Waals surface area contributed by atoms with Crippen LogP contribution < -0.4 is 0 Å². The highest BCUT2D eigenvalue weighted by molar-refractivity contribution is 5.18. The van der Waals surface area contributed by atoms with Gasteiger partial charge in [-0.3, -0.25) is 9.80 Å². The van der Waals surface area contributed by atoms with Gasteiger partial charge < -0.3 is 10.0 Å². The van der Waals surface area contributed by atoms with Crippen molar-refractivity contribution >= 4 is 0 Å². The molecule has 1 atom stereocenters. The SMILES string of the molecule is CC(C)N1CCC(N2CCN(Cc3ccc(F)c(F)c3)[C@H](CCO)C2)CC1. The number of piperazine rings is 1. The molecule has 2 heterocycles. The third-order valence-electron chi connectivity index (χ3n) is 6.21. The average molecular weight is 382 g/mol. The van der Waals surface area contributed by atoms with Crippen LogP contribution in [-0.4, -0.2) is 77.3 Å². The Hall–Kier alpha value is -1.08. The summed E-state index contributed by atoms with van der Waals surface area (Å²) in [5.74, 6) is -1.59. The van der Waals surface area contributed by atoms with Gasteiger partial charge in [-0.1, -0.05) is 6.07 Å². The van der Waals surface area contributed by atoms with E-state index in [0.29, 0.717) is 25.0 Å². The molecule has 2 aliphatic rings. The molecule has 0 bridgehead atoms. The number of benzene rings is 1. The fraction of sp³-hybridized carbons (Fsp3) is 0.714. The van der Waals surface area contributed by atoms with Gasteiger partial charge in [0, 0.05) is 50.9 Å². The predicted octanol–water partition coefficient (Wildman–Crippen LogP) is 2.71. The zero-order valence-corrected chi connectivity index (χ0v) is 16.6. The van der Waals surface area contributed by atoms with Crippen LogP contribution >= 0.6 is 0 Å². The Morgan fingerprint density at radius 2 is 1.81 bits per heavy atom. The van der Waals surface area contributed by atoms with Crippen LogP contribution in [0.4, 0.5) is 8.78 Å². The van der Waals surface area contributed by atoms with Crippen molar-refractivity contribution in [1.29, 1.82) is 0 Å². The summed E-state index contributed by atoms with van der Waals surface area (Å²) in [7, 11) is 0. The fourth-order valence-electron chi connectivity index (χ4n) is 4.52. The van der Waals surface area contributed by atoms with Crippen molar-refractivity contribution in [2.24, 2.45) is 0 Å². The van der Waals surface area contributed by atoms with Crippen LogP contribution in [0.25, 0.3) is 0 Å². The molecule has 4 nitrogen and oxygen atoms in total. The smallest absolute Gasteiger partial charge is 0.159 e. The van der Waals surface area contributed by atoms with Crippen molar-refractivity contribution in [2.45, 2.75) is 57.8 Å². The number of aliphatic hydroxyl groups excluding tert-OH is 1. The van der Waals surface area contributed by atoms with Gasteiger partial charge in [-0.15, -0.1) is 0 Å². The highest BCUT2D eigenvalue weighted by Gasteiger charge is 2.32. The van der Waals surface area contributed by atoms with Gasteiger partial charge in [-0.05, 0) is 63.9 Å². The molecule has 6 heteroatoms. The monoisotopic (exact) mass is 381 g/mol. The minimum atomic E-state index is -0.803. The van der Waals surface area contributed by atoms with Crippen molar-refractivity contribution in [1.82, 2.24) is 14.7 Å². The van der Waals surface area contributed by atoms with Gasteiger partial charge in [0.2, 0.25) is 0 Å². The van der Waals surface area contributed by atoms with E-state index in [1.165, 1.54) is 25.0 Å². The molecule has 0 saturated carbocycles. The van der Waals surface area contributed by atoms with E-state index in [-0.39, 0.29) is 12.6 Å². The van der Waals surface area contributed by atoms with E-state index in [0.717, 1.165) is 38.3 Å². The molecule has 0 aliphatic carbocycles. The molecule has 3 rings (SSSR count). The molecule has 2 saturated heterocycles. The maximum atomic E-state index is 13.5. The number of likely N-dealkylation sites (tertiary alicyclic amines) is 1. The van der Waals surface area contributed by atoms with Crippen molar-refractivity contribution in [3.63, 3.8) is 0 Å². The number of piperidine rings is 1. The van der Waals surface area contributed by atoms with Crippen LogP contribution in [-0.2, 0) is 6.54 Å². The van der Waals surface area contributed by atoms with E-state index in [9.17, 15) is 13.9 Å². The third kappa shape index (κ3) is 5.25. The first-order valence-corrected chi connectivity index (χ1v) is 10.2. The summed E-state index contributed by atoms with van der Waals surface area (Å²) in [6, 6.07) is 5.62. The molecule has 1 N–H and O–H groups in total. The lowest BCUT2D eigenvalue weighted by Crippen LogP contribution is -2.57. The highest BCUT2D eigenvalue weighted by atomic mass is 19.2. The van der Waals surface area contributed by atoms with E-state index < -0.39 is 11.6 Å². The van der Waals surface area contributed by atoms with E-state index in [1.807, 2.05) is 0 Å². The molecule has 0 amide bonds. The second kappa shape index (κ2) is 9.41. The summed E-state index contributed by atoms with van der Waals surface area (Å²) < 4.78 is 26.7. The van der Waals surface area contributed by atoms with E-state index in [4.69, 9.17) is 0 Å². The number of aliphatic hydroxyl groups is 1. The summed E-state index contributed by atoms with van der Waals surface area (Å²) in [6.45, 7) is 10.4. The molecule has 152 valence electrons.